The van der Waals surface area contributed by atoms with Crippen molar-refractivity contribution in [1.29, 1.82) is 0 Å². The molecule has 1 fully saturated rings. The number of aromatic nitrogens is 4. The first-order chi connectivity index (χ1) is 17.0. The molecule has 0 spiro atoms. The van der Waals surface area contributed by atoms with Gasteiger partial charge in [-0.3, -0.25) is 5.10 Å². The lowest BCUT2D eigenvalue weighted by atomic mass is 9.70. The standard InChI is InChI=1S/C27H28F3N5S/c1-17-12-18(15-26(2,3)14-17)16-35-24-9-4-19(22-10-11-31-34-22)13-23(24)33-25(35)32-20-5-7-21(8-6-20)36-27(28,29)30/h4-11,13,18H,1,12,14-16H2,2-3H3,(H,31,34)(H,32,33)/t18-/m1/s1. The first-order valence-electron chi connectivity index (χ1n) is 11.8. The van der Waals surface area contributed by atoms with E-state index in [0.29, 0.717) is 17.6 Å². The van der Waals surface area contributed by atoms with Crippen molar-refractivity contribution in [2.45, 2.75) is 50.1 Å². The van der Waals surface area contributed by atoms with Gasteiger partial charge >= 0.3 is 5.51 Å². The lowest BCUT2D eigenvalue weighted by Crippen LogP contribution is -2.27. The number of thioether (sulfide) groups is 1. The second-order valence-electron chi connectivity index (χ2n) is 10.3. The number of hydrogen-bond donors (Lipinski definition) is 2. The number of nitrogens with zero attached hydrogens (tertiary/aromatic N) is 3. The summed E-state index contributed by atoms with van der Waals surface area (Å²) in [6.07, 6.45) is 4.80. The molecule has 36 heavy (non-hydrogen) atoms. The highest BCUT2D eigenvalue weighted by Crippen LogP contribution is 2.42. The maximum absolute atomic E-state index is 12.7. The average Bonchev–Trinajstić information content (AvgIpc) is 3.41. The number of fused-ring (bicyclic) bond motifs is 1. The number of rotatable bonds is 6. The van der Waals surface area contributed by atoms with Crippen molar-refractivity contribution >= 4 is 34.4 Å². The molecule has 0 bridgehead atoms. The van der Waals surface area contributed by atoms with Crippen LogP contribution in [0.2, 0.25) is 0 Å². The lowest BCUT2D eigenvalue weighted by molar-refractivity contribution is -0.0328. The van der Waals surface area contributed by atoms with E-state index in [0.717, 1.165) is 48.1 Å². The summed E-state index contributed by atoms with van der Waals surface area (Å²) in [6.45, 7) is 9.62. The normalized spacial score (nSPS) is 18.0. The molecule has 0 saturated heterocycles. The number of anilines is 2. The Morgan fingerprint density at radius 3 is 2.61 bits per heavy atom. The SMILES string of the molecule is C=C1C[C@@H](Cn2c(Nc3ccc(SC(F)(F)F)cc3)nc3cc(-c4ccn[nH]4)ccc32)CC(C)(C)C1. The molecule has 1 saturated carbocycles. The largest absolute Gasteiger partial charge is 0.446 e. The Kier molecular flexibility index (Phi) is 6.36. The predicted octanol–water partition coefficient (Wildman–Crippen LogP) is 8.16. The summed E-state index contributed by atoms with van der Waals surface area (Å²) >= 11 is -0.119. The molecule has 5 nitrogen and oxygen atoms in total. The molecule has 2 heterocycles. The second-order valence-corrected chi connectivity index (χ2v) is 11.4. The fourth-order valence-electron chi connectivity index (χ4n) is 5.33. The van der Waals surface area contributed by atoms with Crippen LogP contribution in [0.25, 0.3) is 22.3 Å². The lowest BCUT2D eigenvalue weighted by Gasteiger charge is -2.37. The van der Waals surface area contributed by atoms with Gasteiger partial charge in [0.05, 0.1) is 16.7 Å². The van der Waals surface area contributed by atoms with E-state index in [1.807, 2.05) is 18.2 Å². The molecule has 1 atom stereocenters. The van der Waals surface area contributed by atoms with Crippen LogP contribution in [0, 0.1) is 11.3 Å². The van der Waals surface area contributed by atoms with Gasteiger partial charge in [0.15, 0.2) is 0 Å². The predicted molar refractivity (Wildman–Crippen MR) is 139 cm³/mol. The van der Waals surface area contributed by atoms with E-state index in [4.69, 9.17) is 4.98 Å². The zero-order valence-electron chi connectivity index (χ0n) is 20.2. The zero-order chi connectivity index (χ0) is 25.5. The number of aromatic amines is 1. The molecule has 4 aromatic rings. The molecule has 2 aromatic heterocycles. The minimum atomic E-state index is -4.31. The monoisotopic (exact) mass is 511 g/mol. The topological polar surface area (TPSA) is 58.5 Å². The van der Waals surface area contributed by atoms with Gasteiger partial charge in [-0.15, -0.1) is 0 Å². The third-order valence-electron chi connectivity index (χ3n) is 6.49. The number of imidazole rings is 1. The summed E-state index contributed by atoms with van der Waals surface area (Å²) in [4.78, 5) is 5.04. The van der Waals surface area contributed by atoms with Crippen LogP contribution in [0.15, 0.2) is 71.8 Å². The van der Waals surface area contributed by atoms with E-state index < -0.39 is 5.51 Å². The molecule has 5 rings (SSSR count). The van der Waals surface area contributed by atoms with Gasteiger partial charge in [0.25, 0.3) is 0 Å². The maximum Gasteiger partial charge on any atom is 0.446 e. The van der Waals surface area contributed by atoms with Crippen molar-refractivity contribution in [2.24, 2.45) is 11.3 Å². The summed E-state index contributed by atoms with van der Waals surface area (Å²) in [6, 6.07) is 14.3. The van der Waals surface area contributed by atoms with Crippen LogP contribution in [0.5, 0.6) is 0 Å². The van der Waals surface area contributed by atoms with Crippen LogP contribution in [0.4, 0.5) is 24.8 Å². The summed E-state index contributed by atoms with van der Waals surface area (Å²) < 4.78 is 40.3. The van der Waals surface area contributed by atoms with Gasteiger partial charge in [-0.25, -0.2) is 4.98 Å². The number of alkyl halides is 3. The Balaban J connectivity index is 1.49. The minimum absolute atomic E-state index is 0.119. The molecular formula is C27H28F3N5S. The molecule has 0 radical (unpaired) electrons. The highest BCUT2D eigenvalue weighted by molar-refractivity contribution is 8.00. The van der Waals surface area contributed by atoms with E-state index in [1.54, 1.807) is 18.3 Å². The van der Waals surface area contributed by atoms with Gasteiger partial charge in [0.1, 0.15) is 0 Å². The third kappa shape index (κ3) is 5.61. The van der Waals surface area contributed by atoms with Gasteiger partial charge < -0.3 is 9.88 Å². The molecule has 1 aliphatic rings. The van der Waals surface area contributed by atoms with Crippen LogP contribution in [-0.4, -0.2) is 25.3 Å². The van der Waals surface area contributed by atoms with E-state index in [-0.39, 0.29) is 22.1 Å². The fraction of sp³-hybridized carbons (Fsp3) is 0.333. The highest BCUT2D eigenvalue weighted by atomic mass is 32.2. The summed E-state index contributed by atoms with van der Waals surface area (Å²) in [7, 11) is 0. The first kappa shape index (κ1) is 24.5. The molecular weight excluding hydrogens is 483 g/mol. The van der Waals surface area contributed by atoms with Crippen molar-refractivity contribution in [2.75, 3.05) is 5.32 Å². The van der Waals surface area contributed by atoms with Crippen molar-refractivity contribution in [3.05, 3.63) is 66.9 Å². The smallest absolute Gasteiger partial charge is 0.326 e. The molecule has 1 aliphatic carbocycles. The molecule has 0 amide bonds. The van der Waals surface area contributed by atoms with Crippen molar-refractivity contribution < 1.29 is 13.2 Å². The molecule has 2 N–H and O–H groups in total. The Labute approximate surface area is 212 Å². The van der Waals surface area contributed by atoms with Crippen molar-refractivity contribution in [3.63, 3.8) is 0 Å². The molecule has 188 valence electrons. The number of nitrogens with one attached hydrogen (secondary N) is 2. The minimum Gasteiger partial charge on any atom is -0.326 e. The van der Waals surface area contributed by atoms with Crippen molar-refractivity contribution in [1.82, 2.24) is 19.7 Å². The summed E-state index contributed by atoms with van der Waals surface area (Å²) in [5, 5.41) is 10.4. The van der Waals surface area contributed by atoms with Gasteiger partial charge in [-0.05, 0) is 84.8 Å². The Morgan fingerprint density at radius 1 is 1.17 bits per heavy atom. The second kappa shape index (κ2) is 9.35. The van der Waals surface area contributed by atoms with Crippen LogP contribution in [-0.2, 0) is 6.54 Å². The van der Waals surface area contributed by atoms with E-state index in [1.165, 1.54) is 17.7 Å². The van der Waals surface area contributed by atoms with Crippen LogP contribution in [0.3, 0.4) is 0 Å². The van der Waals surface area contributed by atoms with Gasteiger partial charge in [-0.2, -0.15) is 18.3 Å². The van der Waals surface area contributed by atoms with E-state index in [9.17, 15) is 13.2 Å². The Bertz CT molecular complexity index is 1370. The van der Waals surface area contributed by atoms with Crippen LogP contribution in [0.1, 0.15) is 33.1 Å². The van der Waals surface area contributed by atoms with E-state index in [2.05, 4.69) is 46.6 Å². The average molecular weight is 512 g/mol. The Hall–Kier alpha value is -3.20. The highest BCUT2D eigenvalue weighted by Gasteiger charge is 2.31. The fourth-order valence-corrected chi connectivity index (χ4v) is 5.87. The van der Waals surface area contributed by atoms with Crippen LogP contribution < -0.4 is 5.32 Å². The molecule has 0 unspecified atom stereocenters. The number of hydrogen-bond acceptors (Lipinski definition) is 4. The maximum atomic E-state index is 12.7. The van der Waals surface area contributed by atoms with Gasteiger partial charge in [-0.1, -0.05) is 32.1 Å². The summed E-state index contributed by atoms with van der Waals surface area (Å²) in [5.74, 6) is 1.08. The Morgan fingerprint density at radius 2 is 1.94 bits per heavy atom. The van der Waals surface area contributed by atoms with Gasteiger partial charge in [0, 0.05) is 28.9 Å². The number of H-pyrrole nitrogens is 1. The van der Waals surface area contributed by atoms with Crippen molar-refractivity contribution in [3.8, 4) is 11.3 Å². The zero-order valence-corrected chi connectivity index (χ0v) is 21.0. The first-order valence-corrected chi connectivity index (χ1v) is 12.7. The van der Waals surface area contributed by atoms with Gasteiger partial charge in [0.2, 0.25) is 5.95 Å². The van der Waals surface area contributed by atoms with Crippen LogP contribution >= 0.6 is 11.8 Å². The van der Waals surface area contributed by atoms with E-state index >= 15 is 0 Å². The summed E-state index contributed by atoms with van der Waals surface area (Å²) in [5.41, 5.74) is 1.56. The number of halogens is 3. The number of allylic oxidation sites excluding steroid dienone is 1. The molecule has 9 heteroatoms. The third-order valence-corrected chi connectivity index (χ3v) is 7.23. The molecule has 0 aliphatic heterocycles. The quantitative estimate of drug-likeness (QED) is 0.202. The number of benzene rings is 2. The molecule has 2 aromatic carbocycles.